The highest BCUT2D eigenvalue weighted by Gasteiger charge is 2.04. The number of ether oxygens (including phenoxy) is 1. The molecule has 3 N–H and O–H groups in total. The monoisotopic (exact) mass is 208 g/mol. The summed E-state index contributed by atoms with van der Waals surface area (Å²) in [6, 6.07) is 6.21. The predicted octanol–water partition coefficient (Wildman–Crippen LogP) is 2.17. The summed E-state index contributed by atoms with van der Waals surface area (Å²) in [7, 11) is 0. The molecule has 1 aromatic carbocycles. The molecule has 0 aromatic heterocycles. The second kappa shape index (κ2) is 5.61. The molecular formula is C12H20N2O. The molecular weight excluding hydrogens is 188 g/mol. The van der Waals surface area contributed by atoms with E-state index in [0.717, 1.165) is 23.5 Å². The fourth-order valence-corrected chi connectivity index (χ4v) is 1.35. The first-order valence-corrected chi connectivity index (χ1v) is 5.38. The zero-order chi connectivity index (χ0) is 11.3. The molecule has 3 heteroatoms. The Bertz CT molecular complexity index is 310. The zero-order valence-electron chi connectivity index (χ0n) is 9.71. The molecule has 1 aromatic rings. The summed E-state index contributed by atoms with van der Waals surface area (Å²) in [5.41, 5.74) is 7.64. The van der Waals surface area contributed by atoms with Crippen LogP contribution in [-0.4, -0.2) is 12.6 Å². The van der Waals surface area contributed by atoms with Gasteiger partial charge < -0.3 is 15.8 Å². The van der Waals surface area contributed by atoms with E-state index in [9.17, 15) is 0 Å². The van der Waals surface area contributed by atoms with Crippen LogP contribution in [0, 0.1) is 0 Å². The van der Waals surface area contributed by atoms with Gasteiger partial charge in [0.1, 0.15) is 5.75 Å². The van der Waals surface area contributed by atoms with E-state index in [1.807, 2.05) is 25.1 Å². The summed E-state index contributed by atoms with van der Waals surface area (Å²) in [6.07, 6.45) is 0. The number of nitrogens with one attached hydrogen (secondary N) is 1. The van der Waals surface area contributed by atoms with E-state index in [0.29, 0.717) is 12.6 Å². The normalized spacial score (nSPS) is 10.7. The van der Waals surface area contributed by atoms with Crippen molar-refractivity contribution in [2.24, 2.45) is 0 Å². The standard InChI is InChI=1S/C12H20N2O/c1-4-15-12-6-5-11(13)7-10(12)8-14-9(2)3/h5-7,9,14H,4,8,13H2,1-3H3. The van der Waals surface area contributed by atoms with Crippen molar-refractivity contribution >= 4 is 5.69 Å². The Labute approximate surface area is 91.6 Å². The summed E-state index contributed by atoms with van der Waals surface area (Å²) in [5.74, 6) is 0.917. The van der Waals surface area contributed by atoms with Crippen molar-refractivity contribution in [3.63, 3.8) is 0 Å². The Morgan fingerprint density at radius 2 is 2.13 bits per heavy atom. The van der Waals surface area contributed by atoms with Crippen LogP contribution in [0.4, 0.5) is 5.69 Å². The Morgan fingerprint density at radius 1 is 1.40 bits per heavy atom. The van der Waals surface area contributed by atoms with Crippen molar-refractivity contribution in [2.75, 3.05) is 12.3 Å². The van der Waals surface area contributed by atoms with Crippen molar-refractivity contribution in [2.45, 2.75) is 33.4 Å². The highest BCUT2D eigenvalue weighted by Crippen LogP contribution is 2.21. The molecule has 0 atom stereocenters. The van der Waals surface area contributed by atoms with E-state index >= 15 is 0 Å². The summed E-state index contributed by atoms with van der Waals surface area (Å²) >= 11 is 0. The summed E-state index contributed by atoms with van der Waals surface area (Å²) in [4.78, 5) is 0. The number of nitrogen functional groups attached to an aromatic ring is 1. The molecule has 0 saturated heterocycles. The van der Waals surface area contributed by atoms with Gasteiger partial charge in [0.15, 0.2) is 0 Å². The molecule has 0 heterocycles. The maximum absolute atomic E-state index is 5.75. The van der Waals surface area contributed by atoms with Gasteiger partial charge in [-0.1, -0.05) is 13.8 Å². The summed E-state index contributed by atoms with van der Waals surface area (Å²) < 4.78 is 5.53. The van der Waals surface area contributed by atoms with Crippen LogP contribution in [0.15, 0.2) is 18.2 Å². The van der Waals surface area contributed by atoms with Gasteiger partial charge in [0.05, 0.1) is 6.61 Å². The van der Waals surface area contributed by atoms with Crippen LogP contribution in [0.1, 0.15) is 26.3 Å². The second-order valence-electron chi connectivity index (χ2n) is 3.84. The van der Waals surface area contributed by atoms with E-state index in [-0.39, 0.29) is 0 Å². The largest absolute Gasteiger partial charge is 0.494 e. The molecule has 0 spiro atoms. The highest BCUT2D eigenvalue weighted by atomic mass is 16.5. The third-order valence-corrected chi connectivity index (χ3v) is 2.09. The van der Waals surface area contributed by atoms with Gasteiger partial charge in [0.25, 0.3) is 0 Å². The van der Waals surface area contributed by atoms with Crippen LogP contribution >= 0.6 is 0 Å². The Hall–Kier alpha value is -1.22. The van der Waals surface area contributed by atoms with Crippen molar-refractivity contribution in [1.82, 2.24) is 5.32 Å². The molecule has 0 unspecified atom stereocenters. The zero-order valence-corrected chi connectivity index (χ0v) is 9.71. The van der Waals surface area contributed by atoms with Crippen LogP contribution in [0.25, 0.3) is 0 Å². The molecule has 3 nitrogen and oxygen atoms in total. The van der Waals surface area contributed by atoms with Crippen molar-refractivity contribution in [3.8, 4) is 5.75 Å². The molecule has 0 aliphatic rings. The van der Waals surface area contributed by atoms with Crippen LogP contribution in [0.2, 0.25) is 0 Å². The highest BCUT2D eigenvalue weighted by molar-refractivity contribution is 5.47. The molecule has 15 heavy (non-hydrogen) atoms. The van der Waals surface area contributed by atoms with Gasteiger partial charge in [-0.3, -0.25) is 0 Å². The lowest BCUT2D eigenvalue weighted by molar-refractivity contribution is 0.335. The molecule has 1 rings (SSSR count). The smallest absolute Gasteiger partial charge is 0.123 e. The summed E-state index contributed by atoms with van der Waals surface area (Å²) in [5, 5.41) is 3.35. The van der Waals surface area contributed by atoms with Gasteiger partial charge in [0, 0.05) is 23.8 Å². The molecule has 0 aliphatic heterocycles. The number of rotatable bonds is 5. The summed E-state index contributed by atoms with van der Waals surface area (Å²) in [6.45, 7) is 7.69. The third-order valence-electron chi connectivity index (χ3n) is 2.09. The average Bonchev–Trinajstić information content (AvgIpc) is 2.18. The quantitative estimate of drug-likeness (QED) is 0.729. The van der Waals surface area contributed by atoms with E-state index in [2.05, 4.69) is 19.2 Å². The van der Waals surface area contributed by atoms with Crippen LogP contribution in [-0.2, 0) is 6.54 Å². The minimum Gasteiger partial charge on any atom is -0.494 e. The molecule has 0 radical (unpaired) electrons. The molecule has 0 fully saturated rings. The first-order chi connectivity index (χ1) is 7.13. The van der Waals surface area contributed by atoms with Crippen LogP contribution in [0.3, 0.4) is 0 Å². The Morgan fingerprint density at radius 3 is 2.73 bits per heavy atom. The molecule has 0 bridgehead atoms. The molecule has 0 aliphatic carbocycles. The minimum absolute atomic E-state index is 0.459. The SMILES string of the molecule is CCOc1ccc(N)cc1CNC(C)C. The van der Waals surface area contributed by atoms with Gasteiger partial charge in [-0.2, -0.15) is 0 Å². The van der Waals surface area contributed by atoms with Crippen molar-refractivity contribution < 1.29 is 4.74 Å². The number of anilines is 1. The Balaban J connectivity index is 2.77. The number of hydrogen-bond donors (Lipinski definition) is 2. The maximum atomic E-state index is 5.75. The van der Waals surface area contributed by atoms with Gasteiger partial charge in [-0.05, 0) is 25.1 Å². The lowest BCUT2D eigenvalue weighted by atomic mass is 10.1. The molecule has 0 saturated carbocycles. The molecule has 84 valence electrons. The lowest BCUT2D eigenvalue weighted by Gasteiger charge is -2.13. The Kier molecular flexibility index (Phi) is 4.43. The van der Waals surface area contributed by atoms with Crippen LogP contribution in [0.5, 0.6) is 5.75 Å². The second-order valence-corrected chi connectivity index (χ2v) is 3.84. The fraction of sp³-hybridized carbons (Fsp3) is 0.500. The number of nitrogens with two attached hydrogens (primary N) is 1. The van der Waals surface area contributed by atoms with E-state index < -0.39 is 0 Å². The van der Waals surface area contributed by atoms with Crippen molar-refractivity contribution in [3.05, 3.63) is 23.8 Å². The van der Waals surface area contributed by atoms with Gasteiger partial charge >= 0.3 is 0 Å². The lowest BCUT2D eigenvalue weighted by Crippen LogP contribution is -2.22. The molecule has 0 amide bonds. The van der Waals surface area contributed by atoms with E-state index in [4.69, 9.17) is 10.5 Å². The maximum Gasteiger partial charge on any atom is 0.123 e. The first-order valence-electron chi connectivity index (χ1n) is 5.38. The minimum atomic E-state index is 0.459. The topological polar surface area (TPSA) is 47.3 Å². The van der Waals surface area contributed by atoms with Gasteiger partial charge in [0.2, 0.25) is 0 Å². The third kappa shape index (κ3) is 3.80. The number of benzene rings is 1. The predicted molar refractivity (Wildman–Crippen MR) is 64.0 cm³/mol. The first kappa shape index (κ1) is 11.9. The van der Waals surface area contributed by atoms with Crippen molar-refractivity contribution in [1.29, 1.82) is 0 Å². The number of hydrogen-bond acceptors (Lipinski definition) is 3. The fourth-order valence-electron chi connectivity index (χ4n) is 1.35. The van der Waals surface area contributed by atoms with Gasteiger partial charge in [-0.15, -0.1) is 0 Å². The van der Waals surface area contributed by atoms with E-state index in [1.165, 1.54) is 0 Å². The van der Waals surface area contributed by atoms with E-state index in [1.54, 1.807) is 0 Å². The van der Waals surface area contributed by atoms with Gasteiger partial charge in [-0.25, -0.2) is 0 Å². The average molecular weight is 208 g/mol. The van der Waals surface area contributed by atoms with Crippen LogP contribution < -0.4 is 15.8 Å².